The van der Waals surface area contributed by atoms with Gasteiger partial charge < -0.3 is 9.47 Å². The second-order valence-corrected chi connectivity index (χ2v) is 16.7. The Bertz CT molecular complexity index is 649. The van der Waals surface area contributed by atoms with Gasteiger partial charge >= 0.3 is 11.9 Å². The number of unbranched alkanes of at least 4 members (excludes halogenated alkanes) is 38. The number of rotatable bonds is 46. The topological polar surface area (TPSA) is 52.6 Å². The number of carbonyl (C=O) groups excluding carboxylic acids is 2. The van der Waals surface area contributed by atoms with Crippen LogP contribution in [0.25, 0.3) is 0 Å². The Morgan fingerprint density at radius 2 is 0.415 bits per heavy atom. The maximum Gasteiger partial charge on any atom is 0.305 e. The quantitative estimate of drug-likeness (QED) is 0.0459. The molecular weight excluding hydrogens is 653 g/mol. The average molecular weight is 749 g/mol. The molecule has 0 aliphatic rings. The van der Waals surface area contributed by atoms with E-state index in [4.69, 9.17) is 9.47 Å². The summed E-state index contributed by atoms with van der Waals surface area (Å²) in [7, 11) is 0. The van der Waals surface area contributed by atoms with Crippen LogP contribution in [0, 0.1) is 0 Å². The summed E-state index contributed by atoms with van der Waals surface area (Å²) >= 11 is 0. The Kier molecular flexibility index (Phi) is 46.2. The summed E-state index contributed by atoms with van der Waals surface area (Å²) in [5.41, 5.74) is 0. The van der Waals surface area contributed by atoms with Crippen molar-refractivity contribution in [3.63, 3.8) is 0 Å². The van der Waals surface area contributed by atoms with E-state index in [9.17, 15) is 9.59 Å². The van der Waals surface area contributed by atoms with Crippen LogP contribution < -0.4 is 0 Å². The second kappa shape index (κ2) is 47.1. The van der Waals surface area contributed by atoms with Gasteiger partial charge in [0.05, 0.1) is 13.2 Å². The van der Waals surface area contributed by atoms with E-state index < -0.39 is 0 Å². The van der Waals surface area contributed by atoms with E-state index in [-0.39, 0.29) is 11.9 Å². The van der Waals surface area contributed by atoms with Crippen LogP contribution in [0.15, 0.2) is 0 Å². The highest BCUT2D eigenvalue weighted by Gasteiger charge is 2.04. The van der Waals surface area contributed by atoms with Crippen LogP contribution in [-0.2, 0) is 19.1 Å². The van der Waals surface area contributed by atoms with E-state index in [2.05, 4.69) is 13.8 Å². The molecule has 0 fully saturated rings. The van der Waals surface area contributed by atoms with Crippen molar-refractivity contribution in [1.82, 2.24) is 0 Å². The van der Waals surface area contributed by atoms with E-state index in [1.165, 1.54) is 238 Å². The fourth-order valence-corrected chi connectivity index (χ4v) is 7.59. The van der Waals surface area contributed by atoms with E-state index in [0.717, 1.165) is 25.7 Å². The van der Waals surface area contributed by atoms with Crippen molar-refractivity contribution in [2.24, 2.45) is 0 Å². The molecule has 4 nitrogen and oxygen atoms in total. The van der Waals surface area contributed by atoms with Gasteiger partial charge in [0.1, 0.15) is 0 Å². The third kappa shape index (κ3) is 47.0. The highest BCUT2D eigenvalue weighted by atomic mass is 16.5. The monoisotopic (exact) mass is 749 g/mol. The van der Waals surface area contributed by atoms with Crippen LogP contribution in [0.1, 0.15) is 290 Å². The summed E-state index contributed by atoms with van der Waals surface area (Å²) in [5, 5.41) is 0. The van der Waals surface area contributed by atoms with Gasteiger partial charge in [-0.05, 0) is 25.7 Å². The predicted molar refractivity (Wildman–Crippen MR) is 232 cm³/mol. The highest BCUT2D eigenvalue weighted by Crippen LogP contribution is 2.17. The van der Waals surface area contributed by atoms with E-state index in [1.807, 2.05) is 0 Å². The highest BCUT2D eigenvalue weighted by molar-refractivity contribution is 5.69. The molecule has 0 rings (SSSR count). The third-order valence-electron chi connectivity index (χ3n) is 11.3. The Morgan fingerprint density at radius 3 is 0.623 bits per heavy atom. The number of hydrogen-bond acceptors (Lipinski definition) is 4. The molecular formula is C49H96O4. The Hall–Kier alpha value is -1.06. The molecule has 0 aromatic heterocycles. The first-order valence-electron chi connectivity index (χ1n) is 24.5. The van der Waals surface area contributed by atoms with Gasteiger partial charge in [0.2, 0.25) is 0 Å². The minimum Gasteiger partial charge on any atom is -0.466 e. The number of hydrogen-bond donors (Lipinski definition) is 0. The molecule has 0 unspecified atom stereocenters. The van der Waals surface area contributed by atoms with Crippen molar-refractivity contribution in [1.29, 1.82) is 0 Å². The van der Waals surface area contributed by atoms with Crippen LogP contribution in [-0.4, -0.2) is 25.2 Å². The van der Waals surface area contributed by atoms with Crippen molar-refractivity contribution in [2.45, 2.75) is 290 Å². The fourth-order valence-electron chi connectivity index (χ4n) is 7.59. The third-order valence-corrected chi connectivity index (χ3v) is 11.3. The van der Waals surface area contributed by atoms with Crippen molar-refractivity contribution < 1.29 is 19.1 Å². The zero-order valence-corrected chi connectivity index (χ0v) is 36.5. The Morgan fingerprint density at radius 1 is 0.245 bits per heavy atom. The molecule has 0 aliphatic carbocycles. The van der Waals surface area contributed by atoms with Crippen molar-refractivity contribution in [3.8, 4) is 0 Å². The molecule has 0 N–H and O–H groups in total. The molecule has 4 heteroatoms. The number of ether oxygens (including phenoxy) is 2. The summed E-state index contributed by atoms with van der Waals surface area (Å²) in [6, 6.07) is 0. The summed E-state index contributed by atoms with van der Waals surface area (Å²) < 4.78 is 10.9. The largest absolute Gasteiger partial charge is 0.466 e. The van der Waals surface area contributed by atoms with Gasteiger partial charge in [0.25, 0.3) is 0 Å². The Balaban J connectivity index is 3.19. The lowest BCUT2D eigenvalue weighted by Gasteiger charge is -2.06. The standard InChI is InChI=1S/C49H96O4/c1-3-5-7-9-11-13-26-30-34-38-42-46-52-48(50)44-40-36-32-28-24-22-20-18-16-15-17-19-21-23-25-29-33-37-41-45-49(51)53-47-43-39-35-31-27-14-12-10-8-6-4-2/h3-47H2,1-2H3. The van der Waals surface area contributed by atoms with Crippen LogP contribution in [0.5, 0.6) is 0 Å². The minimum absolute atomic E-state index is 0.0175. The van der Waals surface area contributed by atoms with Crippen LogP contribution in [0.2, 0.25) is 0 Å². The number of esters is 2. The first-order valence-corrected chi connectivity index (χ1v) is 24.5. The van der Waals surface area contributed by atoms with Gasteiger partial charge in [0, 0.05) is 12.8 Å². The molecule has 0 radical (unpaired) electrons. The molecule has 0 aromatic rings. The van der Waals surface area contributed by atoms with Gasteiger partial charge in [-0.3, -0.25) is 9.59 Å². The molecule has 53 heavy (non-hydrogen) atoms. The molecule has 0 aliphatic heterocycles. The molecule has 0 heterocycles. The first kappa shape index (κ1) is 51.9. The molecule has 0 saturated heterocycles. The zero-order chi connectivity index (χ0) is 38.4. The van der Waals surface area contributed by atoms with Crippen molar-refractivity contribution in [3.05, 3.63) is 0 Å². The molecule has 0 spiro atoms. The van der Waals surface area contributed by atoms with Gasteiger partial charge in [-0.2, -0.15) is 0 Å². The average Bonchev–Trinajstić information content (AvgIpc) is 3.16. The fraction of sp³-hybridized carbons (Fsp3) is 0.959. The summed E-state index contributed by atoms with van der Waals surface area (Å²) in [6.45, 7) is 5.80. The maximum absolute atomic E-state index is 12.0. The maximum atomic E-state index is 12.0. The van der Waals surface area contributed by atoms with Gasteiger partial charge in [-0.1, -0.05) is 251 Å². The molecule has 0 aromatic carbocycles. The molecule has 316 valence electrons. The van der Waals surface area contributed by atoms with Gasteiger partial charge in [-0.15, -0.1) is 0 Å². The van der Waals surface area contributed by atoms with Crippen LogP contribution in [0.3, 0.4) is 0 Å². The van der Waals surface area contributed by atoms with Crippen LogP contribution >= 0.6 is 0 Å². The molecule has 0 amide bonds. The predicted octanol–water partition coefficient (Wildman–Crippen LogP) is 16.9. The molecule has 0 saturated carbocycles. The zero-order valence-electron chi connectivity index (χ0n) is 36.5. The summed E-state index contributed by atoms with van der Waals surface area (Å²) in [5.74, 6) is 0.0350. The smallest absolute Gasteiger partial charge is 0.305 e. The minimum atomic E-state index is 0.0175. The molecule has 0 bridgehead atoms. The lowest BCUT2D eigenvalue weighted by Crippen LogP contribution is -2.05. The van der Waals surface area contributed by atoms with Crippen molar-refractivity contribution >= 4 is 11.9 Å². The van der Waals surface area contributed by atoms with E-state index in [1.54, 1.807) is 0 Å². The SMILES string of the molecule is CCCCCCCCCCCCCOC(=O)CCCCCCCCCCCCCCCCCCCCCC(=O)OCCCCCCCCCCCCC. The van der Waals surface area contributed by atoms with Gasteiger partial charge in [0.15, 0.2) is 0 Å². The second-order valence-electron chi connectivity index (χ2n) is 16.7. The number of carbonyl (C=O) groups is 2. The summed E-state index contributed by atoms with van der Waals surface area (Å²) in [4.78, 5) is 23.9. The lowest BCUT2D eigenvalue weighted by molar-refractivity contribution is -0.144. The first-order chi connectivity index (χ1) is 26.2. The lowest BCUT2D eigenvalue weighted by atomic mass is 10.0. The Labute approximate surface area is 333 Å². The van der Waals surface area contributed by atoms with E-state index in [0.29, 0.717) is 26.1 Å². The van der Waals surface area contributed by atoms with E-state index >= 15 is 0 Å². The van der Waals surface area contributed by atoms with Crippen LogP contribution in [0.4, 0.5) is 0 Å². The normalized spacial score (nSPS) is 11.4. The molecule has 0 atom stereocenters. The summed E-state index contributed by atoms with van der Waals surface area (Å²) in [6.07, 6.45) is 55.2. The van der Waals surface area contributed by atoms with Gasteiger partial charge in [-0.25, -0.2) is 0 Å². The van der Waals surface area contributed by atoms with Crippen molar-refractivity contribution in [2.75, 3.05) is 13.2 Å².